The van der Waals surface area contributed by atoms with Gasteiger partial charge in [0.1, 0.15) is 0 Å². The molecule has 1 N–H and O–H groups in total. The summed E-state index contributed by atoms with van der Waals surface area (Å²) in [4.78, 5) is 10.0. The van der Waals surface area contributed by atoms with Crippen LogP contribution in [-0.2, 0) is 26.0 Å². The van der Waals surface area contributed by atoms with Crippen molar-refractivity contribution >= 4 is 15.8 Å². The fraction of sp³-hybridized carbons (Fsp3) is 0.600. The topological polar surface area (TPSA) is 116 Å². The van der Waals surface area contributed by atoms with Gasteiger partial charge in [-0.25, -0.2) is 0 Å². The second kappa shape index (κ2) is 6.07. The number of non-ortho nitro benzene ring substituents is 1. The Labute approximate surface area is 140 Å². The lowest BCUT2D eigenvalue weighted by Gasteiger charge is -2.31. The lowest BCUT2D eigenvalue weighted by atomic mass is 9.80. The van der Waals surface area contributed by atoms with Crippen molar-refractivity contribution in [1.82, 2.24) is 0 Å². The van der Waals surface area contributed by atoms with E-state index < -0.39 is 26.2 Å². The number of nitro benzene ring substituents is 1. The van der Waals surface area contributed by atoms with Gasteiger partial charge in [-0.15, -0.1) is 0 Å². The summed E-state index contributed by atoms with van der Waals surface area (Å²) in [7, 11) is -4.49. The molecule has 1 saturated heterocycles. The molecule has 1 atom stereocenters. The molecule has 24 heavy (non-hydrogen) atoms. The molecule has 0 bridgehead atoms. The van der Waals surface area contributed by atoms with Gasteiger partial charge in [-0.05, 0) is 37.3 Å². The van der Waals surface area contributed by atoms with E-state index in [9.17, 15) is 23.1 Å². The molecule has 1 aliphatic heterocycles. The van der Waals surface area contributed by atoms with Crippen LogP contribution in [0.2, 0.25) is 0 Å². The van der Waals surface area contributed by atoms with Crippen molar-refractivity contribution in [2.45, 2.75) is 50.9 Å². The van der Waals surface area contributed by atoms with Crippen molar-refractivity contribution < 1.29 is 27.4 Å². The van der Waals surface area contributed by atoms with Crippen LogP contribution in [0.25, 0.3) is 0 Å². The van der Waals surface area contributed by atoms with Crippen LogP contribution in [0.15, 0.2) is 23.1 Å². The van der Waals surface area contributed by atoms with E-state index in [0.29, 0.717) is 6.61 Å². The Kier molecular flexibility index (Phi) is 4.75. The Morgan fingerprint density at radius 1 is 1.42 bits per heavy atom. The number of rotatable bonds is 5. The van der Waals surface area contributed by atoms with Crippen molar-refractivity contribution in [2.24, 2.45) is 5.41 Å². The van der Waals surface area contributed by atoms with Crippen molar-refractivity contribution in [3.63, 3.8) is 0 Å². The average Bonchev–Trinajstić information content (AvgIpc) is 2.78. The minimum absolute atomic E-state index is 0.161. The quantitative estimate of drug-likeness (QED) is 0.488. The highest BCUT2D eigenvalue weighted by atomic mass is 32.2. The predicted molar refractivity (Wildman–Crippen MR) is 85.3 cm³/mol. The van der Waals surface area contributed by atoms with Crippen LogP contribution in [-0.4, -0.2) is 36.4 Å². The molecule has 134 valence electrons. The number of nitro groups is 1. The van der Waals surface area contributed by atoms with Crippen molar-refractivity contribution in [1.29, 1.82) is 0 Å². The Balaban J connectivity index is 2.40. The Morgan fingerprint density at radius 2 is 2.04 bits per heavy atom. The van der Waals surface area contributed by atoms with Gasteiger partial charge in [0.2, 0.25) is 0 Å². The number of nitrogens with zero attached hydrogens (tertiary/aromatic N) is 1. The van der Waals surface area contributed by atoms with Crippen LogP contribution in [0.3, 0.4) is 0 Å². The zero-order valence-electron chi connectivity index (χ0n) is 14.0. The number of benzene rings is 1. The largest absolute Gasteiger partial charge is 0.348 e. The summed E-state index contributed by atoms with van der Waals surface area (Å²) in [6.07, 6.45) is -0.158. The van der Waals surface area contributed by atoms with Gasteiger partial charge in [-0.1, -0.05) is 13.8 Å². The van der Waals surface area contributed by atoms with E-state index in [1.165, 1.54) is 6.07 Å². The Bertz CT molecular complexity index is 755. The number of hydrogen-bond acceptors (Lipinski definition) is 6. The molecule has 0 aromatic heterocycles. The minimum Gasteiger partial charge on any atom is -0.348 e. The van der Waals surface area contributed by atoms with Crippen LogP contribution < -0.4 is 0 Å². The first-order valence-corrected chi connectivity index (χ1v) is 8.82. The maximum Gasteiger partial charge on any atom is 0.294 e. The second-order valence-corrected chi connectivity index (χ2v) is 8.40. The Morgan fingerprint density at radius 3 is 2.50 bits per heavy atom. The highest BCUT2D eigenvalue weighted by molar-refractivity contribution is 7.85. The van der Waals surface area contributed by atoms with Crippen molar-refractivity contribution in [3.05, 3.63) is 33.9 Å². The molecular weight excluding hydrogens is 338 g/mol. The molecule has 1 aromatic rings. The van der Waals surface area contributed by atoms with Gasteiger partial charge in [0, 0.05) is 12.1 Å². The zero-order chi connectivity index (χ0) is 18.3. The summed E-state index contributed by atoms with van der Waals surface area (Å²) < 4.78 is 43.9. The third kappa shape index (κ3) is 4.10. The van der Waals surface area contributed by atoms with Crippen LogP contribution in [0.4, 0.5) is 5.69 Å². The van der Waals surface area contributed by atoms with E-state index in [0.717, 1.165) is 12.1 Å². The van der Waals surface area contributed by atoms with E-state index in [4.69, 9.17) is 9.47 Å². The predicted octanol–water partition coefficient (Wildman–Crippen LogP) is 2.56. The zero-order valence-corrected chi connectivity index (χ0v) is 14.8. The average molecular weight is 359 g/mol. The SMILES string of the molecule is CC1(C)OC[C@@H](C(C)(C)Cc2cc([N+](=O)[O-])ccc2S(=O)(=O)O)O1. The molecule has 0 amide bonds. The van der Waals surface area contributed by atoms with Crippen LogP contribution >= 0.6 is 0 Å². The third-order valence-electron chi connectivity index (χ3n) is 4.06. The molecule has 9 heteroatoms. The van der Waals surface area contributed by atoms with Crippen molar-refractivity contribution in [3.8, 4) is 0 Å². The van der Waals surface area contributed by atoms with Crippen molar-refractivity contribution in [2.75, 3.05) is 6.61 Å². The lowest BCUT2D eigenvalue weighted by molar-refractivity contribution is -0.385. The fourth-order valence-electron chi connectivity index (χ4n) is 2.75. The van der Waals surface area contributed by atoms with Crippen LogP contribution in [0.5, 0.6) is 0 Å². The molecule has 1 aliphatic rings. The summed E-state index contributed by atoms with van der Waals surface area (Å²) in [6, 6.07) is 3.28. The van der Waals surface area contributed by atoms with Gasteiger partial charge in [0.05, 0.1) is 22.5 Å². The third-order valence-corrected chi connectivity index (χ3v) is 5.01. The number of hydrogen-bond donors (Lipinski definition) is 1. The van der Waals surface area contributed by atoms with Crippen LogP contribution in [0.1, 0.15) is 33.3 Å². The summed E-state index contributed by atoms with van der Waals surface area (Å²) in [5.74, 6) is -0.740. The Hall–Kier alpha value is -1.55. The minimum atomic E-state index is -4.49. The first-order valence-electron chi connectivity index (χ1n) is 7.38. The molecule has 2 rings (SSSR count). The molecule has 1 heterocycles. The molecule has 0 radical (unpaired) electrons. The van der Waals surface area contributed by atoms with E-state index in [-0.39, 0.29) is 28.7 Å². The maximum absolute atomic E-state index is 11.6. The van der Waals surface area contributed by atoms with Gasteiger partial charge >= 0.3 is 0 Å². The lowest BCUT2D eigenvalue weighted by Crippen LogP contribution is -2.35. The maximum atomic E-state index is 11.6. The van der Waals surface area contributed by atoms with Gasteiger partial charge in [0.15, 0.2) is 5.79 Å². The number of ether oxygens (including phenoxy) is 2. The van der Waals surface area contributed by atoms with Crippen LogP contribution in [0, 0.1) is 15.5 Å². The standard InChI is InChI=1S/C15H21NO7S/c1-14(2,13-9-22-15(3,4)23-13)8-10-7-11(16(17)18)5-6-12(10)24(19,20)21/h5-7,13H,8-9H2,1-4H3,(H,19,20,21)/t13-/m0/s1. The monoisotopic (exact) mass is 359 g/mol. The first kappa shape index (κ1) is 18.8. The summed E-state index contributed by atoms with van der Waals surface area (Å²) in [5, 5.41) is 11.0. The van der Waals surface area contributed by atoms with Gasteiger partial charge in [-0.2, -0.15) is 8.42 Å². The molecule has 8 nitrogen and oxygen atoms in total. The highest BCUT2D eigenvalue weighted by Gasteiger charge is 2.42. The smallest absolute Gasteiger partial charge is 0.294 e. The van der Waals surface area contributed by atoms with Gasteiger partial charge in [-0.3, -0.25) is 14.7 Å². The first-order chi connectivity index (χ1) is 10.8. The van der Waals surface area contributed by atoms with Gasteiger partial charge in [0.25, 0.3) is 15.8 Å². The summed E-state index contributed by atoms with van der Waals surface area (Å²) in [6.45, 7) is 7.60. The molecule has 0 unspecified atom stereocenters. The molecule has 0 saturated carbocycles. The van der Waals surface area contributed by atoms with Gasteiger partial charge < -0.3 is 9.47 Å². The molecule has 1 fully saturated rings. The summed E-state index contributed by atoms with van der Waals surface area (Å²) >= 11 is 0. The molecule has 0 aliphatic carbocycles. The van der Waals surface area contributed by atoms with E-state index >= 15 is 0 Å². The van der Waals surface area contributed by atoms with E-state index in [1.54, 1.807) is 13.8 Å². The second-order valence-electron chi connectivity index (χ2n) is 7.01. The highest BCUT2D eigenvalue weighted by Crippen LogP contribution is 2.38. The molecule has 1 aromatic carbocycles. The normalized spacial score (nSPS) is 21.0. The summed E-state index contributed by atoms with van der Waals surface area (Å²) in [5.41, 5.74) is -0.635. The van der Waals surface area contributed by atoms with E-state index in [1.807, 2.05) is 13.8 Å². The molecular formula is C15H21NO7S. The fourth-order valence-corrected chi connectivity index (χ4v) is 3.45. The molecule has 0 spiro atoms. The van der Waals surface area contributed by atoms with E-state index in [2.05, 4.69) is 0 Å².